The summed E-state index contributed by atoms with van der Waals surface area (Å²) in [4.78, 5) is 23.9. The molecule has 0 bridgehead atoms. The summed E-state index contributed by atoms with van der Waals surface area (Å²) in [5, 5.41) is 7.22. The Balaban J connectivity index is 1.40. The van der Waals surface area contributed by atoms with Crippen molar-refractivity contribution < 1.29 is 27.5 Å². The van der Waals surface area contributed by atoms with Gasteiger partial charge in [0.15, 0.2) is 0 Å². The van der Waals surface area contributed by atoms with E-state index in [1.165, 1.54) is 18.3 Å². The van der Waals surface area contributed by atoms with Crippen molar-refractivity contribution in [2.24, 2.45) is 5.10 Å². The lowest BCUT2D eigenvalue weighted by molar-refractivity contribution is -0.137. The van der Waals surface area contributed by atoms with E-state index >= 15 is 0 Å². The Kier molecular flexibility index (Phi) is 9.32. The van der Waals surface area contributed by atoms with E-state index in [2.05, 4.69) is 15.8 Å². The molecule has 0 saturated carbocycles. The molecular formula is C25H20Cl2F3N3O3. The minimum atomic E-state index is -4.52. The first kappa shape index (κ1) is 27.0. The zero-order chi connectivity index (χ0) is 26.1. The van der Waals surface area contributed by atoms with Crippen LogP contribution in [0.5, 0.6) is 5.75 Å². The van der Waals surface area contributed by atoms with Gasteiger partial charge in [-0.05, 0) is 60.2 Å². The predicted molar refractivity (Wildman–Crippen MR) is 132 cm³/mol. The van der Waals surface area contributed by atoms with Crippen LogP contribution in [0.25, 0.3) is 0 Å². The van der Waals surface area contributed by atoms with Gasteiger partial charge in [-0.15, -0.1) is 0 Å². The third kappa shape index (κ3) is 8.58. The summed E-state index contributed by atoms with van der Waals surface area (Å²) in [5.74, 6) is -0.511. The van der Waals surface area contributed by atoms with Crippen LogP contribution in [0.4, 0.5) is 18.9 Å². The summed E-state index contributed by atoms with van der Waals surface area (Å²) in [6.45, 7) is 0.265. The summed E-state index contributed by atoms with van der Waals surface area (Å²) in [5.41, 5.74) is 2.90. The topological polar surface area (TPSA) is 79.8 Å². The fraction of sp³-hybridized carbons (Fsp3) is 0.160. The van der Waals surface area contributed by atoms with Gasteiger partial charge in [-0.3, -0.25) is 9.59 Å². The van der Waals surface area contributed by atoms with Gasteiger partial charge in [-0.2, -0.15) is 18.3 Å². The van der Waals surface area contributed by atoms with E-state index in [4.69, 9.17) is 27.9 Å². The zero-order valence-corrected chi connectivity index (χ0v) is 20.1. The molecule has 2 amide bonds. The van der Waals surface area contributed by atoms with Crippen LogP contribution in [-0.4, -0.2) is 18.0 Å². The highest BCUT2D eigenvalue weighted by atomic mass is 35.5. The van der Waals surface area contributed by atoms with E-state index in [1.807, 2.05) is 0 Å². The number of halogens is 5. The number of hydrazone groups is 1. The minimum Gasteiger partial charge on any atom is -0.489 e. The third-order valence-corrected chi connectivity index (χ3v) is 5.33. The first-order valence-corrected chi connectivity index (χ1v) is 11.3. The maximum Gasteiger partial charge on any atom is 0.416 e. The standard InChI is InChI=1S/C25H20Cl2F3N3O3/c26-19-7-6-17(22(27)13-19)15-36-21-8-4-16(5-9-21)14-31-33-24(35)11-10-23(34)32-20-3-1-2-18(12-20)25(28,29)30/h1-9,12-14H,10-11,15H2,(H,32,34)(H,33,35). The van der Waals surface area contributed by atoms with Gasteiger partial charge in [-0.1, -0.05) is 35.3 Å². The Morgan fingerprint density at radius 1 is 0.944 bits per heavy atom. The van der Waals surface area contributed by atoms with Crippen molar-refractivity contribution in [3.63, 3.8) is 0 Å². The number of amides is 2. The van der Waals surface area contributed by atoms with E-state index in [0.717, 1.165) is 17.7 Å². The van der Waals surface area contributed by atoms with E-state index in [-0.39, 0.29) is 25.1 Å². The van der Waals surface area contributed by atoms with Crippen LogP contribution >= 0.6 is 23.2 Å². The number of rotatable bonds is 9. The third-order valence-electron chi connectivity index (χ3n) is 4.75. The molecular weight excluding hydrogens is 518 g/mol. The molecule has 0 aliphatic rings. The SMILES string of the molecule is O=C(CCC(=O)Nc1cccc(C(F)(F)F)c1)NN=Cc1ccc(OCc2ccc(Cl)cc2Cl)cc1. The van der Waals surface area contributed by atoms with Crippen LogP contribution in [0.1, 0.15) is 29.5 Å². The van der Waals surface area contributed by atoms with Gasteiger partial charge >= 0.3 is 6.18 Å². The van der Waals surface area contributed by atoms with Crippen molar-refractivity contribution in [1.29, 1.82) is 0 Å². The van der Waals surface area contributed by atoms with Gasteiger partial charge < -0.3 is 10.1 Å². The number of ether oxygens (including phenoxy) is 1. The number of carbonyl (C=O) groups excluding carboxylic acids is 2. The summed E-state index contributed by atoms with van der Waals surface area (Å²) < 4.78 is 43.9. The molecule has 0 heterocycles. The molecule has 3 rings (SSSR count). The average Bonchev–Trinajstić information content (AvgIpc) is 2.83. The number of alkyl halides is 3. The van der Waals surface area contributed by atoms with Gasteiger partial charge in [0.25, 0.3) is 0 Å². The average molecular weight is 538 g/mol. The Morgan fingerprint density at radius 2 is 1.67 bits per heavy atom. The quantitative estimate of drug-likeness (QED) is 0.243. The van der Waals surface area contributed by atoms with Crippen molar-refractivity contribution in [3.8, 4) is 5.75 Å². The van der Waals surface area contributed by atoms with Crippen molar-refractivity contribution >= 4 is 46.9 Å². The number of nitrogens with one attached hydrogen (secondary N) is 2. The molecule has 0 aliphatic carbocycles. The Bertz CT molecular complexity index is 1250. The molecule has 0 fully saturated rings. The number of nitrogens with zero attached hydrogens (tertiary/aromatic N) is 1. The van der Waals surface area contributed by atoms with Crippen LogP contribution in [0.15, 0.2) is 71.8 Å². The number of hydrogen-bond acceptors (Lipinski definition) is 4. The number of hydrogen-bond donors (Lipinski definition) is 2. The second kappa shape index (κ2) is 12.4. The summed E-state index contributed by atoms with van der Waals surface area (Å²) in [6.07, 6.45) is -3.51. The largest absolute Gasteiger partial charge is 0.489 e. The molecule has 0 saturated heterocycles. The summed E-state index contributed by atoms with van der Waals surface area (Å²) in [6, 6.07) is 16.3. The van der Waals surface area contributed by atoms with Gasteiger partial charge in [0.05, 0.1) is 11.8 Å². The second-order valence-corrected chi connectivity index (χ2v) is 8.36. The summed E-state index contributed by atoms with van der Waals surface area (Å²) in [7, 11) is 0. The molecule has 0 unspecified atom stereocenters. The van der Waals surface area contributed by atoms with Crippen molar-refractivity contribution in [1.82, 2.24) is 5.43 Å². The number of carbonyl (C=O) groups is 2. The normalized spacial score (nSPS) is 11.4. The molecule has 3 aromatic carbocycles. The highest BCUT2D eigenvalue weighted by molar-refractivity contribution is 6.35. The van der Waals surface area contributed by atoms with E-state index in [0.29, 0.717) is 21.4 Å². The Hall–Kier alpha value is -3.56. The highest BCUT2D eigenvalue weighted by Gasteiger charge is 2.30. The molecule has 11 heteroatoms. The molecule has 2 N–H and O–H groups in total. The molecule has 0 aliphatic heterocycles. The maximum atomic E-state index is 12.7. The molecule has 3 aromatic rings. The monoisotopic (exact) mass is 537 g/mol. The molecule has 0 atom stereocenters. The first-order valence-electron chi connectivity index (χ1n) is 10.6. The second-order valence-electron chi connectivity index (χ2n) is 7.51. The van der Waals surface area contributed by atoms with Crippen molar-refractivity contribution in [2.75, 3.05) is 5.32 Å². The molecule has 0 aromatic heterocycles. The molecule has 0 spiro atoms. The van der Waals surface area contributed by atoms with Crippen LogP contribution in [0, 0.1) is 0 Å². The fourth-order valence-electron chi connectivity index (χ4n) is 2.91. The summed E-state index contributed by atoms with van der Waals surface area (Å²) >= 11 is 12.0. The van der Waals surface area contributed by atoms with E-state index in [9.17, 15) is 22.8 Å². The van der Waals surface area contributed by atoms with Crippen molar-refractivity contribution in [2.45, 2.75) is 25.6 Å². The van der Waals surface area contributed by atoms with Crippen LogP contribution in [0.3, 0.4) is 0 Å². The van der Waals surface area contributed by atoms with Gasteiger partial charge in [0.2, 0.25) is 11.8 Å². The number of anilines is 1. The lowest BCUT2D eigenvalue weighted by Crippen LogP contribution is -2.20. The molecule has 188 valence electrons. The van der Waals surface area contributed by atoms with Gasteiger partial charge in [0.1, 0.15) is 12.4 Å². The highest BCUT2D eigenvalue weighted by Crippen LogP contribution is 2.30. The fourth-order valence-corrected chi connectivity index (χ4v) is 3.37. The lowest BCUT2D eigenvalue weighted by Gasteiger charge is -2.09. The Morgan fingerprint density at radius 3 is 2.36 bits per heavy atom. The van der Waals surface area contributed by atoms with Crippen LogP contribution in [-0.2, 0) is 22.4 Å². The van der Waals surface area contributed by atoms with Crippen LogP contribution < -0.4 is 15.5 Å². The predicted octanol–water partition coefficient (Wildman–Crippen LogP) is 6.46. The number of benzene rings is 3. The molecule has 6 nitrogen and oxygen atoms in total. The smallest absolute Gasteiger partial charge is 0.416 e. The lowest BCUT2D eigenvalue weighted by atomic mass is 10.2. The Labute approximate surface area is 215 Å². The first-order chi connectivity index (χ1) is 17.1. The maximum absolute atomic E-state index is 12.7. The van der Waals surface area contributed by atoms with E-state index in [1.54, 1.807) is 42.5 Å². The minimum absolute atomic E-state index is 0.00283. The molecule has 36 heavy (non-hydrogen) atoms. The van der Waals surface area contributed by atoms with Crippen LogP contribution in [0.2, 0.25) is 10.0 Å². The zero-order valence-electron chi connectivity index (χ0n) is 18.6. The van der Waals surface area contributed by atoms with E-state index < -0.39 is 23.6 Å². The van der Waals surface area contributed by atoms with Crippen molar-refractivity contribution in [3.05, 3.63) is 93.5 Å². The van der Waals surface area contributed by atoms with Gasteiger partial charge in [0, 0.05) is 34.1 Å². The van der Waals surface area contributed by atoms with Gasteiger partial charge in [-0.25, -0.2) is 5.43 Å². The molecule has 0 radical (unpaired) electrons.